The lowest BCUT2D eigenvalue weighted by Gasteiger charge is -2.32. The highest BCUT2D eigenvalue weighted by Gasteiger charge is 2.26. The lowest BCUT2D eigenvalue weighted by Crippen LogP contribution is -2.46. The summed E-state index contributed by atoms with van der Waals surface area (Å²) >= 11 is 0. The van der Waals surface area contributed by atoms with Gasteiger partial charge in [-0.2, -0.15) is 0 Å². The van der Waals surface area contributed by atoms with Gasteiger partial charge in [0.05, 0.1) is 11.8 Å². The molecule has 1 saturated heterocycles. The summed E-state index contributed by atoms with van der Waals surface area (Å²) in [5.41, 5.74) is 2.38. The Bertz CT molecular complexity index is 1010. The minimum atomic E-state index is -0.293. The number of carbonyl (C=O) groups is 2. The van der Waals surface area contributed by atoms with Crippen molar-refractivity contribution < 1.29 is 19.1 Å². The molecule has 0 spiro atoms. The molecular formula is C24H24N2O4. The second kappa shape index (κ2) is 8.86. The normalized spacial score (nSPS) is 14.5. The summed E-state index contributed by atoms with van der Waals surface area (Å²) in [6.07, 6.45) is 3.48. The number of carbonyl (C=O) groups excluding carboxylic acids is 2. The summed E-state index contributed by atoms with van der Waals surface area (Å²) in [7, 11) is 0. The van der Waals surface area contributed by atoms with Gasteiger partial charge in [-0.25, -0.2) is 0 Å². The predicted octanol–water partition coefficient (Wildman–Crippen LogP) is 3.61. The molecular weight excluding hydrogens is 380 g/mol. The Balaban J connectivity index is 1.36. The van der Waals surface area contributed by atoms with Crippen molar-refractivity contribution in [3.8, 4) is 5.75 Å². The Hall–Kier alpha value is -3.54. The molecule has 1 aliphatic heterocycles. The number of furan rings is 1. The number of benzene rings is 2. The molecule has 0 bridgehead atoms. The zero-order valence-corrected chi connectivity index (χ0v) is 16.6. The number of piperidine rings is 1. The van der Waals surface area contributed by atoms with E-state index in [9.17, 15) is 14.7 Å². The minimum Gasteiger partial charge on any atom is -0.507 e. The first-order valence-corrected chi connectivity index (χ1v) is 10.1. The maximum absolute atomic E-state index is 12.8. The highest BCUT2D eigenvalue weighted by atomic mass is 16.3. The maximum Gasteiger partial charge on any atom is 0.289 e. The number of hydrogen-bond acceptors (Lipinski definition) is 4. The van der Waals surface area contributed by atoms with E-state index in [0.29, 0.717) is 38.1 Å². The van der Waals surface area contributed by atoms with E-state index in [2.05, 4.69) is 5.32 Å². The van der Waals surface area contributed by atoms with Gasteiger partial charge in [0.1, 0.15) is 5.75 Å². The van der Waals surface area contributed by atoms with Gasteiger partial charge in [-0.3, -0.25) is 9.59 Å². The average molecular weight is 404 g/mol. The Kier molecular flexibility index (Phi) is 5.84. The number of aromatic hydroxyl groups is 1. The summed E-state index contributed by atoms with van der Waals surface area (Å²) < 4.78 is 5.18. The van der Waals surface area contributed by atoms with Crippen molar-refractivity contribution in [2.75, 3.05) is 13.1 Å². The molecule has 6 heteroatoms. The largest absolute Gasteiger partial charge is 0.507 e. The fourth-order valence-electron chi connectivity index (χ4n) is 3.75. The van der Waals surface area contributed by atoms with Crippen LogP contribution in [0.1, 0.15) is 44.9 Å². The molecule has 2 aromatic carbocycles. The molecule has 0 saturated carbocycles. The van der Waals surface area contributed by atoms with Gasteiger partial charge in [0, 0.05) is 19.1 Å². The van der Waals surface area contributed by atoms with Gasteiger partial charge in [-0.1, -0.05) is 36.4 Å². The van der Waals surface area contributed by atoms with Crippen molar-refractivity contribution in [2.24, 2.45) is 0 Å². The first-order valence-electron chi connectivity index (χ1n) is 10.1. The van der Waals surface area contributed by atoms with Crippen LogP contribution in [0.15, 0.2) is 71.3 Å². The highest BCUT2D eigenvalue weighted by Crippen LogP contribution is 2.22. The number of phenolic OH excluding ortho intramolecular Hbond substituents is 1. The molecule has 0 radical (unpaired) electrons. The van der Waals surface area contributed by atoms with E-state index in [1.165, 1.54) is 6.26 Å². The van der Waals surface area contributed by atoms with E-state index in [1.54, 1.807) is 29.2 Å². The van der Waals surface area contributed by atoms with E-state index >= 15 is 0 Å². The van der Waals surface area contributed by atoms with Crippen molar-refractivity contribution in [3.05, 3.63) is 89.4 Å². The van der Waals surface area contributed by atoms with Gasteiger partial charge in [0.15, 0.2) is 5.76 Å². The molecule has 3 aromatic rings. The minimum absolute atomic E-state index is 0.0326. The first kappa shape index (κ1) is 19.8. The molecule has 1 fully saturated rings. The van der Waals surface area contributed by atoms with Gasteiger partial charge >= 0.3 is 0 Å². The fourth-order valence-corrected chi connectivity index (χ4v) is 3.75. The molecule has 1 aliphatic rings. The number of likely N-dealkylation sites (tertiary alicyclic amines) is 1. The van der Waals surface area contributed by atoms with Crippen molar-refractivity contribution in [3.63, 3.8) is 0 Å². The number of amides is 2. The van der Waals surface area contributed by atoms with Crippen LogP contribution in [-0.4, -0.2) is 41.0 Å². The fraction of sp³-hybridized carbons (Fsp3) is 0.250. The van der Waals surface area contributed by atoms with Crippen LogP contribution >= 0.6 is 0 Å². The zero-order chi connectivity index (χ0) is 20.9. The zero-order valence-electron chi connectivity index (χ0n) is 16.6. The average Bonchev–Trinajstić information content (AvgIpc) is 3.31. The van der Waals surface area contributed by atoms with Crippen LogP contribution < -0.4 is 5.32 Å². The summed E-state index contributed by atoms with van der Waals surface area (Å²) in [4.78, 5) is 26.9. The number of phenols is 1. The topological polar surface area (TPSA) is 82.8 Å². The lowest BCUT2D eigenvalue weighted by atomic mass is 10.0. The molecule has 2 N–H and O–H groups in total. The summed E-state index contributed by atoms with van der Waals surface area (Å²) in [5.74, 6) is -0.123. The Morgan fingerprint density at radius 2 is 1.77 bits per heavy atom. The highest BCUT2D eigenvalue weighted by molar-refractivity contribution is 5.97. The van der Waals surface area contributed by atoms with E-state index in [-0.39, 0.29) is 29.2 Å². The Morgan fingerprint density at radius 3 is 2.47 bits per heavy atom. The summed E-state index contributed by atoms with van der Waals surface area (Å²) in [6.45, 7) is 1.09. The quantitative estimate of drug-likeness (QED) is 0.681. The van der Waals surface area contributed by atoms with Gasteiger partial charge in [0.2, 0.25) is 0 Å². The molecule has 0 aliphatic carbocycles. The SMILES string of the molecule is O=C(NC1CCN(C(=O)c2ccco2)CC1)c1cc(Cc2ccccc2)ccc1O. The molecule has 154 valence electrons. The van der Waals surface area contributed by atoms with Crippen molar-refractivity contribution >= 4 is 11.8 Å². The molecule has 4 rings (SSSR count). The molecule has 1 aromatic heterocycles. The molecule has 2 amide bonds. The van der Waals surface area contributed by atoms with Crippen LogP contribution in [0.5, 0.6) is 5.75 Å². The van der Waals surface area contributed by atoms with E-state index in [4.69, 9.17) is 4.42 Å². The van der Waals surface area contributed by atoms with Crippen LogP contribution in [0.2, 0.25) is 0 Å². The first-order chi connectivity index (χ1) is 14.6. The lowest BCUT2D eigenvalue weighted by molar-refractivity contribution is 0.0667. The molecule has 6 nitrogen and oxygen atoms in total. The van der Waals surface area contributed by atoms with Gasteiger partial charge in [-0.15, -0.1) is 0 Å². The van der Waals surface area contributed by atoms with E-state index < -0.39 is 0 Å². The molecule has 0 unspecified atom stereocenters. The third kappa shape index (κ3) is 4.54. The number of nitrogens with one attached hydrogen (secondary N) is 1. The molecule has 0 atom stereocenters. The van der Waals surface area contributed by atoms with Gasteiger partial charge < -0.3 is 19.7 Å². The van der Waals surface area contributed by atoms with Gasteiger partial charge in [0.25, 0.3) is 11.8 Å². The molecule has 2 heterocycles. The summed E-state index contributed by atoms with van der Waals surface area (Å²) in [5, 5.41) is 13.2. The number of rotatable bonds is 5. The van der Waals surface area contributed by atoms with Crippen molar-refractivity contribution in [1.29, 1.82) is 0 Å². The van der Waals surface area contributed by atoms with Crippen molar-refractivity contribution in [1.82, 2.24) is 10.2 Å². The maximum atomic E-state index is 12.8. The second-order valence-electron chi connectivity index (χ2n) is 7.53. The Morgan fingerprint density at radius 1 is 1.00 bits per heavy atom. The second-order valence-corrected chi connectivity index (χ2v) is 7.53. The van der Waals surface area contributed by atoms with Crippen LogP contribution in [0.25, 0.3) is 0 Å². The van der Waals surface area contributed by atoms with Crippen LogP contribution in [-0.2, 0) is 6.42 Å². The third-order valence-corrected chi connectivity index (χ3v) is 5.41. The Labute approximate surface area is 175 Å². The standard InChI is InChI=1S/C24H24N2O4/c27-21-9-8-18(15-17-5-2-1-3-6-17)16-20(21)23(28)25-19-10-12-26(13-11-19)24(29)22-7-4-14-30-22/h1-9,14,16,19,27H,10-13,15H2,(H,25,28). The third-order valence-electron chi connectivity index (χ3n) is 5.41. The summed E-state index contributed by atoms with van der Waals surface area (Å²) in [6, 6.07) is 18.4. The predicted molar refractivity (Wildman–Crippen MR) is 112 cm³/mol. The smallest absolute Gasteiger partial charge is 0.289 e. The van der Waals surface area contributed by atoms with Crippen LogP contribution in [0.4, 0.5) is 0 Å². The van der Waals surface area contributed by atoms with Crippen LogP contribution in [0, 0.1) is 0 Å². The monoisotopic (exact) mass is 404 g/mol. The van der Waals surface area contributed by atoms with Gasteiger partial charge in [-0.05, 0) is 54.7 Å². The molecule has 30 heavy (non-hydrogen) atoms. The van der Waals surface area contributed by atoms with Crippen LogP contribution in [0.3, 0.4) is 0 Å². The van der Waals surface area contributed by atoms with E-state index in [1.807, 2.05) is 36.4 Å². The van der Waals surface area contributed by atoms with Crippen molar-refractivity contribution in [2.45, 2.75) is 25.3 Å². The van der Waals surface area contributed by atoms with E-state index in [0.717, 1.165) is 11.1 Å². The number of nitrogens with zero attached hydrogens (tertiary/aromatic N) is 1. The number of hydrogen-bond donors (Lipinski definition) is 2.